The van der Waals surface area contributed by atoms with E-state index in [4.69, 9.17) is 9.51 Å². The molecule has 1 saturated heterocycles. The largest absolute Gasteiger partial charge is 0.356 e. The van der Waals surface area contributed by atoms with Crippen LogP contribution in [0, 0.1) is 27.7 Å². The van der Waals surface area contributed by atoms with E-state index in [2.05, 4.69) is 16.2 Å². The quantitative estimate of drug-likeness (QED) is 0.665. The van der Waals surface area contributed by atoms with Crippen LogP contribution in [0.3, 0.4) is 0 Å². The average Bonchev–Trinajstić information content (AvgIpc) is 3.30. The zero-order valence-electron chi connectivity index (χ0n) is 17.4. The van der Waals surface area contributed by atoms with Crippen molar-refractivity contribution in [2.24, 2.45) is 0 Å². The molecule has 1 amide bonds. The third-order valence-corrected chi connectivity index (χ3v) is 5.67. The number of likely N-dealkylation sites (tertiary alicyclic amines) is 1. The minimum atomic E-state index is -0.0752. The second-order valence-electron chi connectivity index (χ2n) is 7.85. The fourth-order valence-corrected chi connectivity index (χ4v) is 4.03. The molecule has 29 heavy (non-hydrogen) atoms. The van der Waals surface area contributed by atoms with E-state index in [1.165, 1.54) is 0 Å². The standard InChI is InChI=1S/C23H26N4O2/c1-14-7-5-8-18(11-14)12-21(28)27-10-6-9-20(27)22-19(13-24-17(4)25-22)23-15(2)16(3)26-29-23/h5,7-8,11,13,20H,6,9-10,12H2,1-4H3/t20-/m0/s1. The van der Waals surface area contributed by atoms with Gasteiger partial charge in [-0.3, -0.25) is 4.79 Å². The Bertz CT molecular complexity index is 1060. The van der Waals surface area contributed by atoms with Crippen molar-refractivity contribution < 1.29 is 9.32 Å². The third kappa shape index (κ3) is 3.79. The first-order chi connectivity index (χ1) is 13.9. The highest BCUT2D eigenvalue weighted by Gasteiger charge is 2.34. The maximum atomic E-state index is 13.2. The molecule has 6 heteroatoms. The van der Waals surface area contributed by atoms with E-state index in [1.807, 2.05) is 50.8 Å². The fraction of sp³-hybridized carbons (Fsp3) is 0.391. The van der Waals surface area contributed by atoms with Crippen molar-refractivity contribution >= 4 is 5.91 Å². The number of rotatable bonds is 4. The van der Waals surface area contributed by atoms with Crippen LogP contribution in [0.2, 0.25) is 0 Å². The summed E-state index contributed by atoms with van der Waals surface area (Å²) in [6, 6.07) is 8.06. The predicted molar refractivity (Wildman–Crippen MR) is 110 cm³/mol. The summed E-state index contributed by atoms with van der Waals surface area (Å²) in [4.78, 5) is 24.3. The van der Waals surface area contributed by atoms with E-state index in [1.54, 1.807) is 6.20 Å². The molecule has 0 unspecified atom stereocenters. The van der Waals surface area contributed by atoms with Gasteiger partial charge in [0.2, 0.25) is 5.91 Å². The van der Waals surface area contributed by atoms with Crippen LogP contribution in [0.1, 0.15) is 52.8 Å². The van der Waals surface area contributed by atoms with Crippen LogP contribution in [0.15, 0.2) is 35.0 Å². The van der Waals surface area contributed by atoms with Gasteiger partial charge in [-0.2, -0.15) is 0 Å². The van der Waals surface area contributed by atoms with Crippen LogP contribution < -0.4 is 0 Å². The molecule has 4 rings (SSSR count). The van der Waals surface area contributed by atoms with Crippen molar-refractivity contribution in [1.29, 1.82) is 0 Å². The minimum Gasteiger partial charge on any atom is -0.356 e. The van der Waals surface area contributed by atoms with Crippen LogP contribution in [0.5, 0.6) is 0 Å². The van der Waals surface area contributed by atoms with Gasteiger partial charge in [0.15, 0.2) is 5.76 Å². The number of amides is 1. The van der Waals surface area contributed by atoms with E-state index < -0.39 is 0 Å². The number of aryl methyl sites for hydroxylation is 3. The number of carbonyl (C=O) groups excluding carboxylic acids is 1. The van der Waals surface area contributed by atoms with E-state index in [9.17, 15) is 4.79 Å². The lowest BCUT2D eigenvalue weighted by Gasteiger charge is -2.26. The van der Waals surface area contributed by atoms with Crippen molar-refractivity contribution in [2.45, 2.75) is 53.0 Å². The van der Waals surface area contributed by atoms with Gasteiger partial charge < -0.3 is 9.42 Å². The van der Waals surface area contributed by atoms with Crippen LogP contribution in [0.25, 0.3) is 11.3 Å². The number of nitrogens with zero attached hydrogens (tertiary/aromatic N) is 4. The summed E-state index contributed by atoms with van der Waals surface area (Å²) in [6.45, 7) is 8.57. The number of carbonyl (C=O) groups is 1. The van der Waals surface area contributed by atoms with Gasteiger partial charge >= 0.3 is 0 Å². The number of hydrogen-bond donors (Lipinski definition) is 0. The molecule has 0 radical (unpaired) electrons. The van der Waals surface area contributed by atoms with Crippen molar-refractivity contribution in [3.05, 3.63) is 64.4 Å². The van der Waals surface area contributed by atoms with Gasteiger partial charge in [-0.05, 0) is 46.1 Å². The minimum absolute atomic E-state index is 0.0752. The number of aromatic nitrogens is 3. The second-order valence-corrected chi connectivity index (χ2v) is 7.85. The Morgan fingerprint density at radius 2 is 2.07 bits per heavy atom. The van der Waals surface area contributed by atoms with Crippen LogP contribution in [-0.2, 0) is 11.2 Å². The fourth-order valence-electron chi connectivity index (χ4n) is 4.03. The van der Waals surface area contributed by atoms with E-state index in [0.29, 0.717) is 18.0 Å². The molecule has 0 bridgehead atoms. The third-order valence-electron chi connectivity index (χ3n) is 5.67. The molecule has 0 spiro atoms. The average molecular weight is 390 g/mol. The molecule has 6 nitrogen and oxygen atoms in total. The van der Waals surface area contributed by atoms with Gasteiger partial charge in [-0.1, -0.05) is 35.0 Å². The molecule has 1 atom stereocenters. The van der Waals surface area contributed by atoms with Crippen molar-refractivity contribution in [3.8, 4) is 11.3 Å². The normalized spacial score (nSPS) is 16.4. The number of benzene rings is 1. The molecular formula is C23H26N4O2. The highest BCUT2D eigenvalue weighted by atomic mass is 16.5. The van der Waals surface area contributed by atoms with Crippen molar-refractivity contribution in [3.63, 3.8) is 0 Å². The summed E-state index contributed by atoms with van der Waals surface area (Å²) < 4.78 is 5.59. The monoisotopic (exact) mass is 390 g/mol. The molecule has 0 N–H and O–H groups in total. The molecule has 3 aromatic rings. The van der Waals surface area contributed by atoms with Gasteiger partial charge in [0.05, 0.1) is 29.4 Å². The first-order valence-electron chi connectivity index (χ1n) is 10.1. The Hall–Kier alpha value is -3.02. The molecule has 1 fully saturated rings. The molecule has 0 saturated carbocycles. The Morgan fingerprint density at radius 3 is 2.79 bits per heavy atom. The summed E-state index contributed by atoms with van der Waals surface area (Å²) >= 11 is 0. The summed E-state index contributed by atoms with van der Waals surface area (Å²) in [5.74, 6) is 1.51. The highest BCUT2D eigenvalue weighted by Crippen LogP contribution is 2.38. The topological polar surface area (TPSA) is 72.1 Å². The predicted octanol–water partition coefficient (Wildman–Crippen LogP) is 4.27. The molecule has 1 aliphatic rings. The summed E-state index contributed by atoms with van der Waals surface area (Å²) in [6.07, 6.45) is 4.04. The van der Waals surface area contributed by atoms with Crippen molar-refractivity contribution in [2.75, 3.05) is 6.54 Å². The maximum Gasteiger partial charge on any atom is 0.227 e. The van der Waals surface area contributed by atoms with E-state index in [0.717, 1.165) is 53.0 Å². The second kappa shape index (κ2) is 7.78. The summed E-state index contributed by atoms with van der Waals surface area (Å²) in [7, 11) is 0. The van der Waals surface area contributed by atoms with Crippen LogP contribution in [-0.4, -0.2) is 32.5 Å². The highest BCUT2D eigenvalue weighted by molar-refractivity contribution is 5.80. The summed E-state index contributed by atoms with van der Waals surface area (Å²) in [5.41, 5.74) is 5.72. The first kappa shape index (κ1) is 19.3. The van der Waals surface area contributed by atoms with Gasteiger partial charge in [0, 0.05) is 18.3 Å². The molecule has 2 aromatic heterocycles. The Balaban J connectivity index is 1.67. The van der Waals surface area contributed by atoms with Crippen LogP contribution >= 0.6 is 0 Å². The van der Waals surface area contributed by atoms with Gasteiger partial charge in [0.25, 0.3) is 0 Å². The lowest BCUT2D eigenvalue weighted by molar-refractivity contribution is -0.131. The molecule has 150 valence electrons. The van der Waals surface area contributed by atoms with Gasteiger partial charge in [-0.15, -0.1) is 0 Å². The zero-order chi connectivity index (χ0) is 20.5. The Kier molecular flexibility index (Phi) is 5.18. The zero-order valence-corrected chi connectivity index (χ0v) is 17.4. The van der Waals surface area contributed by atoms with Crippen LogP contribution in [0.4, 0.5) is 0 Å². The summed E-state index contributed by atoms with van der Waals surface area (Å²) in [5, 5.41) is 4.09. The molecule has 0 aliphatic carbocycles. The Morgan fingerprint density at radius 1 is 1.24 bits per heavy atom. The smallest absolute Gasteiger partial charge is 0.227 e. The van der Waals surface area contributed by atoms with Crippen molar-refractivity contribution in [1.82, 2.24) is 20.0 Å². The molecule has 1 aliphatic heterocycles. The molecule has 3 heterocycles. The SMILES string of the molecule is Cc1cccc(CC(=O)N2CCC[C@H]2c2nc(C)ncc2-c2onc(C)c2C)c1. The lowest BCUT2D eigenvalue weighted by Crippen LogP contribution is -2.32. The Labute approximate surface area is 171 Å². The first-order valence-corrected chi connectivity index (χ1v) is 10.1. The molecule has 1 aromatic carbocycles. The van der Waals surface area contributed by atoms with Gasteiger partial charge in [-0.25, -0.2) is 9.97 Å². The molecular weight excluding hydrogens is 364 g/mol. The van der Waals surface area contributed by atoms with Gasteiger partial charge in [0.1, 0.15) is 5.82 Å². The maximum absolute atomic E-state index is 13.2. The lowest BCUT2D eigenvalue weighted by atomic mass is 10.0. The number of hydrogen-bond acceptors (Lipinski definition) is 5. The van der Waals surface area contributed by atoms with E-state index >= 15 is 0 Å². The van der Waals surface area contributed by atoms with E-state index in [-0.39, 0.29) is 11.9 Å².